The molecular weight excluding hydrogens is 252 g/mol. The molecule has 0 aromatic heterocycles. The van der Waals surface area contributed by atoms with E-state index in [4.69, 9.17) is 12.2 Å². The fourth-order valence-corrected chi connectivity index (χ4v) is 2.26. The molecule has 0 atom stereocenters. The van der Waals surface area contributed by atoms with E-state index in [1.54, 1.807) is 0 Å². The second-order valence-corrected chi connectivity index (χ2v) is 5.52. The highest BCUT2D eigenvalue weighted by Crippen LogP contribution is 2.15. The zero-order chi connectivity index (χ0) is 14.1. The van der Waals surface area contributed by atoms with E-state index in [-0.39, 0.29) is 0 Å². The predicted octanol–water partition coefficient (Wildman–Crippen LogP) is 4.56. The number of aryl methyl sites for hydroxylation is 2. The van der Waals surface area contributed by atoms with E-state index in [0.29, 0.717) is 0 Å². The Morgan fingerprint density at radius 3 is 2.53 bits per heavy atom. The summed E-state index contributed by atoms with van der Waals surface area (Å²) in [7, 11) is 0. The van der Waals surface area contributed by atoms with E-state index in [9.17, 15) is 0 Å². The summed E-state index contributed by atoms with van der Waals surface area (Å²) in [4.78, 5) is 0. The van der Waals surface area contributed by atoms with Gasteiger partial charge in [0.2, 0.25) is 0 Å². The average molecular weight is 278 g/mol. The topological polar surface area (TPSA) is 24.1 Å². The predicted molar refractivity (Wildman–Crippen MR) is 88.9 cm³/mol. The molecule has 0 amide bonds. The molecular formula is C16H26N2S. The maximum Gasteiger partial charge on any atom is 0.170 e. The largest absolute Gasteiger partial charge is 0.362 e. The van der Waals surface area contributed by atoms with Gasteiger partial charge in [-0.2, -0.15) is 0 Å². The molecule has 0 aliphatic rings. The van der Waals surface area contributed by atoms with E-state index < -0.39 is 0 Å². The highest BCUT2D eigenvalue weighted by Gasteiger charge is 2.00. The lowest BCUT2D eigenvalue weighted by atomic mass is 10.1. The second kappa shape index (κ2) is 8.92. The standard InChI is InChI=1S/C16H26N2S/c1-4-5-6-7-8-11-17-16(19)18-15-10-9-13(2)12-14(15)3/h9-10,12H,4-8,11H2,1-3H3,(H2,17,18,19). The van der Waals surface area contributed by atoms with Crippen LogP contribution < -0.4 is 10.6 Å². The van der Waals surface area contributed by atoms with Crippen LogP contribution in [0.25, 0.3) is 0 Å². The van der Waals surface area contributed by atoms with E-state index in [2.05, 4.69) is 49.6 Å². The van der Waals surface area contributed by atoms with Gasteiger partial charge >= 0.3 is 0 Å². The van der Waals surface area contributed by atoms with E-state index >= 15 is 0 Å². The smallest absolute Gasteiger partial charge is 0.170 e. The van der Waals surface area contributed by atoms with E-state index in [0.717, 1.165) is 17.3 Å². The van der Waals surface area contributed by atoms with Gasteiger partial charge in [0.05, 0.1) is 0 Å². The quantitative estimate of drug-likeness (QED) is 0.565. The van der Waals surface area contributed by atoms with Crippen LogP contribution >= 0.6 is 12.2 Å². The summed E-state index contributed by atoms with van der Waals surface area (Å²) in [5, 5.41) is 7.25. The Bertz CT molecular complexity index is 402. The molecule has 19 heavy (non-hydrogen) atoms. The van der Waals surface area contributed by atoms with Crippen molar-refractivity contribution in [1.29, 1.82) is 0 Å². The Kier molecular flexibility index (Phi) is 7.49. The summed E-state index contributed by atoms with van der Waals surface area (Å²) in [6.07, 6.45) is 6.43. The van der Waals surface area contributed by atoms with Crippen LogP contribution in [-0.4, -0.2) is 11.7 Å². The summed E-state index contributed by atoms with van der Waals surface area (Å²) in [5.41, 5.74) is 3.60. The van der Waals surface area contributed by atoms with Crippen molar-refractivity contribution in [2.75, 3.05) is 11.9 Å². The zero-order valence-corrected chi connectivity index (χ0v) is 13.2. The van der Waals surface area contributed by atoms with Crippen LogP contribution in [0.15, 0.2) is 18.2 Å². The van der Waals surface area contributed by atoms with Gasteiger partial charge in [0.1, 0.15) is 0 Å². The van der Waals surface area contributed by atoms with Crippen molar-refractivity contribution in [3.8, 4) is 0 Å². The van der Waals surface area contributed by atoms with Crippen LogP contribution in [0.3, 0.4) is 0 Å². The maximum atomic E-state index is 5.31. The Hall–Kier alpha value is -1.09. The Morgan fingerprint density at radius 1 is 1.11 bits per heavy atom. The fraction of sp³-hybridized carbons (Fsp3) is 0.562. The Balaban J connectivity index is 2.23. The molecule has 0 saturated carbocycles. The average Bonchev–Trinajstić information content (AvgIpc) is 2.37. The molecule has 106 valence electrons. The van der Waals surface area contributed by atoms with Gasteiger partial charge in [-0.15, -0.1) is 0 Å². The van der Waals surface area contributed by atoms with E-state index in [1.165, 1.54) is 43.2 Å². The molecule has 2 N–H and O–H groups in total. The van der Waals surface area contributed by atoms with Crippen molar-refractivity contribution in [3.05, 3.63) is 29.3 Å². The summed E-state index contributed by atoms with van der Waals surface area (Å²) in [6, 6.07) is 6.35. The molecule has 1 aromatic rings. The molecule has 0 spiro atoms. The first-order valence-corrected chi connectivity index (χ1v) is 7.66. The minimum Gasteiger partial charge on any atom is -0.362 e. The van der Waals surface area contributed by atoms with Crippen LogP contribution in [0.1, 0.15) is 50.2 Å². The lowest BCUT2D eigenvalue weighted by Gasteiger charge is -2.12. The van der Waals surface area contributed by atoms with Crippen molar-refractivity contribution in [2.24, 2.45) is 0 Å². The minimum atomic E-state index is 0.724. The van der Waals surface area contributed by atoms with Gasteiger partial charge in [-0.3, -0.25) is 0 Å². The van der Waals surface area contributed by atoms with Crippen molar-refractivity contribution in [1.82, 2.24) is 5.32 Å². The minimum absolute atomic E-state index is 0.724. The third kappa shape index (κ3) is 6.58. The van der Waals surface area contributed by atoms with Crippen molar-refractivity contribution in [3.63, 3.8) is 0 Å². The number of benzene rings is 1. The van der Waals surface area contributed by atoms with Gasteiger partial charge in [-0.1, -0.05) is 50.3 Å². The Morgan fingerprint density at radius 2 is 1.84 bits per heavy atom. The molecule has 0 bridgehead atoms. The van der Waals surface area contributed by atoms with Gasteiger partial charge in [0.15, 0.2) is 5.11 Å². The van der Waals surface area contributed by atoms with Crippen molar-refractivity contribution in [2.45, 2.75) is 52.9 Å². The van der Waals surface area contributed by atoms with Crippen LogP contribution in [0.4, 0.5) is 5.69 Å². The third-order valence-electron chi connectivity index (χ3n) is 3.20. The zero-order valence-electron chi connectivity index (χ0n) is 12.4. The van der Waals surface area contributed by atoms with Crippen molar-refractivity contribution < 1.29 is 0 Å². The maximum absolute atomic E-state index is 5.31. The first kappa shape index (κ1) is 16.0. The van der Waals surface area contributed by atoms with Crippen molar-refractivity contribution >= 4 is 23.0 Å². The molecule has 1 aromatic carbocycles. The number of unbranched alkanes of at least 4 members (excludes halogenated alkanes) is 4. The van der Waals surface area contributed by atoms with Gasteiger partial charge in [-0.25, -0.2) is 0 Å². The number of thiocarbonyl (C=S) groups is 1. The fourth-order valence-electron chi connectivity index (χ4n) is 2.05. The normalized spacial score (nSPS) is 10.3. The monoisotopic (exact) mass is 278 g/mol. The van der Waals surface area contributed by atoms with Crippen LogP contribution in [-0.2, 0) is 0 Å². The first-order chi connectivity index (χ1) is 9.13. The molecule has 2 nitrogen and oxygen atoms in total. The van der Waals surface area contributed by atoms with Crippen LogP contribution in [0.2, 0.25) is 0 Å². The molecule has 0 fully saturated rings. The van der Waals surface area contributed by atoms with Crippen LogP contribution in [0, 0.1) is 13.8 Å². The molecule has 0 heterocycles. The second-order valence-electron chi connectivity index (χ2n) is 5.11. The van der Waals surface area contributed by atoms with Crippen LogP contribution in [0.5, 0.6) is 0 Å². The molecule has 0 aliphatic heterocycles. The number of anilines is 1. The van der Waals surface area contributed by atoms with Gasteiger partial charge in [0, 0.05) is 12.2 Å². The highest BCUT2D eigenvalue weighted by molar-refractivity contribution is 7.80. The number of rotatable bonds is 7. The summed E-state index contributed by atoms with van der Waals surface area (Å²) >= 11 is 5.31. The first-order valence-electron chi connectivity index (χ1n) is 7.25. The lowest BCUT2D eigenvalue weighted by molar-refractivity contribution is 0.625. The van der Waals surface area contributed by atoms with Gasteiger partial charge in [0.25, 0.3) is 0 Å². The number of hydrogen-bond acceptors (Lipinski definition) is 1. The number of hydrogen-bond donors (Lipinski definition) is 2. The molecule has 1 rings (SSSR count). The van der Waals surface area contributed by atoms with E-state index in [1.807, 2.05) is 0 Å². The summed E-state index contributed by atoms with van der Waals surface area (Å²) < 4.78 is 0. The molecule has 0 unspecified atom stereocenters. The Labute approximate surface area is 123 Å². The molecule has 0 radical (unpaired) electrons. The number of nitrogens with one attached hydrogen (secondary N) is 2. The molecule has 0 aliphatic carbocycles. The lowest BCUT2D eigenvalue weighted by Crippen LogP contribution is -2.29. The SMILES string of the molecule is CCCCCCCNC(=S)Nc1ccc(C)cc1C. The molecule has 0 saturated heterocycles. The summed E-state index contributed by atoms with van der Waals surface area (Å²) in [5.74, 6) is 0. The third-order valence-corrected chi connectivity index (χ3v) is 3.44. The molecule has 3 heteroatoms. The summed E-state index contributed by atoms with van der Waals surface area (Å²) in [6.45, 7) is 7.40. The highest BCUT2D eigenvalue weighted by atomic mass is 32.1. The van der Waals surface area contributed by atoms with Gasteiger partial charge in [-0.05, 0) is 44.1 Å². The van der Waals surface area contributed by atoms with Gasteiger partial charge < -0.3 is 10.6 Å².